The van der Waals surface area contributed by atoms with Gasteiger partial charge in [0.25, 0.3) is 0 Å². The van der Waals surface area contributed by atoms with E-state index >= 15 is 0 Å². The van der Waals surface area contributed by atoms with Crippen molar-refractivity contribution in [3.63, 3.8) is 0 Å². The molecule has 0 spiro atoms. The van der Waals surface area contributed by atoms with Gasteiger partial charge in [0, 0.05) is 28.3 Å². The molecule has 3 nitrogen and oxygen atoms in total. The highest BCUT2D eigenvalue weighted by molar-refractivity contribution is 5.98. The van der Waals surface area contributed by atoms with Gasteiger partial charge in [0.2, 0.25) is 0 Å². The zero-order valence-electron chi connectivity index (χ0n) is 15.7. The van der Waals surface area contributed by atoms with Gasteiger partial charge in [-0.15, -0.1) is 10.2 Å². The van der Waals surface area contributed by atoms with Crippen LogP contribution in [-0.2, 0) is 6.54 Å². The Balaban J connectivity index is 1.75. The van der Waals surface area contributed by atoms with Gasteiger partial charge in [0.1, 0.15) is 23.0 Å². The number of hydrogen-bond acceptors (Lipinski definition) is 2. The largest absolute Gasteiger partial charge is 0.342 e. The van der Waals surface area contributed by atoms with E-state index in [0.717, 1.165) is 27.9 Å². The van der Waals surface area contributed by atoms with Crippen LogP contribution in [0.4, 0.5) is 8.78 Å². The van der Waals surface area contributed by atoms with Crippen molar-refractivity contribution in [3.8, 4) is 22.5 Å². The highest BCUT2D eigenvalue weighted by atomic mass is 19.1. The molecule has 0 aliphatic carbocycles. The summed E-state index contributed by atoms with van der Waals surface area (Å²) >= 11 is 0. The van der Waals surface area contributed by atoms with Crippen LogP contribution in [0.25, 0.3) is 33.4 Å². The van der Waals surface area contributed by atoms with Crippen LogP contribution in [0.1, 0.15) is 11.1 Å². The first-order chi connectivity index (χ1) is 14.1. The minimum absolute atomic E-state index is 0.270. The number of rotatable bonds is 3. The van der Waals surface area contributed by atoms with Gasteiger partial charge in [-0.1, -0.05) is 48.0 Å². The minimum atomic E-state index is -0.345. The van der Waals surface area contributed by atoms with Gasteiger partial charge in [-0.2, -0.15) is 0 Å². The Bertz CT molecular complexity index is 1310. The Morgan fingerprint density at radius 2 is 1.62 bits per heavy atom. The molecule has 0 N–H and O–H groups in total. The number of aryl methyl sites for hydroxylation is 1. The highest BCUT2D eigenvalue weighted by Crippen LogP contribution is 2.37. The molecule has 0 fully saturated rings. The van der Waals surface area contributed by atoms with E-state index in [0.29, 0.717) is 23.2 Å². The van der Waals surface area contributed by atoms with E-state index in [1.165, 1.54) is 18.2 Å². The molecule has 0 unspecified atom stereocenters. The van der Waals surface area contributed by atoms with Crippen molar-refractivity contribution >= 4 is 10.9 Å². The standard InChI is InChI=1S/C24H17F2N3/c1-15-6-8-16(9-7-15)23-20-14-29(13-17-4-2-3-5-21(17)26)22-11-10-18(25)12-19(22)24(20)28-27-23/h2-12,14H,13H2,1H3. The van der Waals surface area contributed by atoms with Crippen molar-refractivity contribution in [2.75, 3.05) is 0 Å². The first kappa shape index (κ1) is 17.5. The Morgan fingerprint density at radius 3 is 2.41 bits per heavy atom. The van der Waals surface area contributed by atoms with E-state index in [-0.39, 0.29) is 11.6 Å². The fourth-order valence-corrected chi connectivity index (χ4v) is 3.68. The summed E-state index contributed by atoms with van der Waals surface area (Å²) in [6, 6.07) is 19.3. The predicted octanol–water partition coefficient (Wildman–Crippen LogP) is 5.84. The average Bonchev–Trinajstić information content (AvgIpc) is 3.14. The van der Waals surface area contributed by atoms with Gasteiger partial charge in [-0.3, -0.25) is 0 Å². The lowest BCUT2D eigenvalue weighted by atomic mass is 10.0. The third kappa shape index (κ3) is 3.05. The van der Waals surface area contributed by atoms with Crippen LogP contribution in [0.5, 0.6) is 0 Å². The van der Waals surface area contributed by atoms with E-state index in [1.807, 2.05) is 48.0 Å². The maximum Gasteiger partial charge on any atom is 0.128 e. The molecule has 3 aromatic carbocycles. The molecule has 142 valence electrons. The van der Waals surface area contributed by atoms with E-state index in [9.17, 15) is 8.78 Å². The number of hydrogen-bond donors (Lipinski definition) is 0. The molecule has 2 aliphatic rings. The second kappa shape index (κ2) is 6.78. The van der Waals surface area contributed by atoms with Crippen LogP contribution in [0, 0.1) is 18.6 Å². The second-order valence-electron chi connectivity index (χ2n) is 7.19. The summed E-state index contributed by atoms with van der Waals surface area (Å²) in [5.41, 5.74) is 5.60. The summed E-state index contributed by atoms with van der Waals surface area (Å²) in [6.07, 6.45) is 1.93. The Kier molecular flexibility index (Phi) is 4.09. The molecule has 0 saturated carbocycles. The molecular weight excluding hydrogens is 368 g/mol. The van der Waals surface area contributed by atoms with Crippen LogP contribution in [0.15, 0.2) is 72.9 Å². The zero-order valence-corrected chi connectivity index (χ0v) is 15.7. The van der Waals surface area contributed by atoms with Gasteiger partial charge < -0.3 is 4.57 Å². The maximum absolute atomic E-state index is 14.3. The molecule has 2 heterocycles. The van der Waals surface area contributed by atoms with Gasteiger partial charge in [0.05, 0.1) is 12.1 Å². The molecular formula is C24H17F2N3. The van der Waals surface area contributed by atoms with Crippen molar-refractivity contribution < 1.29 is 8.78 Å². The molecule has 29 heavy (non-hydrogen) atoms. The number of halogens is 2. The van der Waals surface area contributed by atoms with E-state index in [4.69, 9.17) is 0 Å². The first-order valence-electron chi connectivity index (χ1n) is 9.35. The SMILES string of the molecule is Cc1ccc(-c2nnc3c4cc(F)ccc4n(Cc4ccccc4F)cc2-3)cc1. The molecule has 0 radical (unpaired) electrons. The second-order valence-corrected chi connectivity index (χ2v) is 7.19. The summed E-state index contributed by atoms with van der Waals surface area (Å²) in [7, 11) is 0. The number of aromatic nitrogens is 3. The van der Waals surface area contributed by atoms with E-state index < -0.39 is 0 Å². The molecule has 0 amide bonds. The van der Waals surface area contributed by atoms with Crippen molar-refractivity contribution in [1.82, 2.24) is 14.8 Å². The predicted molar refractivity (Wildman–Crippen MR) is 110 cm³/mol. The molecule has 0 bridgehead atoms. The molecule has 0 saturated heterocycles. The lowest BCUT2D eigenvalue weighted by Crippen LogP contribution is -2.05. The van der Waals surface area contributed by atoms with Crippen LogP contribution in [-0.4, -0.2) is 14.8 Å². The average molecular weight is 385 g/mol. The third-order valence-corrected chi connectivity index (χ3v) is 5.19. The quantitative estimate of drug-likeness (QED) is 0.391. The summed E-state index contributed by atoms with van der Waals surface area (Å²) in [5, 5.41) is 9.39. The molecule has 5 heteroatoms. The van der Waals surface area contributed by atoms with Crippen molar-refractivity contribution in [2.45, 2.75) is 13.5 Å². The summed E-state index contributed by atoms with van der Waals surface area (Å²) < 4.78 is 30.2. The van der Waals surface area contributed by atoms with Crippen molar-refractivity contribution in [2.24, 2.45) is 0 Å². The molecule has 2 aliphatic heterocycles. The van der Waals surface area contributed by atoms with Crippen LogP contribution >= 0.6 is 0 Å². The first-order valence-corrected chi connectivity index (χ1v) is 9.35. The number of pyridine rings is 1. The summed E-state index contributed by atoms with van der Waals surface area (Å²) in [6.45, 7) is 2.35. The molecule has 0 atom stereocenters. The number of benzene rings is 3. The molecule has 5 rings (SSSR count). The lowest BCUT2D eigenvalue weighted by molar-refractivity contribution is 0.601. The lowest BCUT2D eigenvalue weighted by Gasteiger charge is -2.15. The highest BCUT2D eigenvalue weighted by Gasteiger charge is 2.21. The monoisotopic (exact) mass is 385 g/mol. The van der Waals surface area contributed by atoms with Gasteiger partial charge in [-0.25, -0.2) is 8.78 Å². The normalized spacial score (nSPS) is 11.4. The van der Waals surface area contributed by atoms with Gasteiger partial charge in [0.15, 0.2) is 0 Å². The smallest absolute Gasteiger partial charge is 0.128 e. The topological polar surface area (TPSA) is 30.7 Å². The maximum atomic E-state index is 14.3. The van der Waals surface area contributed by atoms with Gasteiger partial charge >= 0.3 is 0 Å². The van der Waals surface area contributed by atoms with Crippen molar-refractivity contribution in [3.05, 3.63) is 95.7 Å². The zero-order chi connectivity index (χ0) is 20.0. The Hall–Kier alpha value is -3.60. The summed E-state index contributed by atoms with van der Waals surface area (Å²) in [4.78, 5) is 0. The fourth-order valence-electron chi connectivity index (χ4n) is 3.68. The van der Waals surface area contributed by atoms with Gasteiger partial charge in [-0.05, 0) is 31.2 Å². The molecule has 0 aromatic heterocycles. The fraction of sp³-hybridized carbons (Fsp3) is 0.0833. The van der Waals surface area contributed by atoms with Crippen molar-refractivity contribution in [1.29, 1.82) is 0 Å². The molecule has 3 aromatic rings. The van der Waals surface area contributed by atoms with Crippen LogP contribution < -0.4 is 0 Å². The minimum Gasteiger partial charge on any atom is -0.342 e. The Morgan fingerprint density at radius 1 is 0.862 bits per heavy atom. The van der Waals surface area contributed by atoms with Crippen LogP contribution in [0.2, 0.25) is 0 Å². The van der Waals surface area contributed by atoms with E-state index in [1.54, 1.807) is 18.2 Å². The summed E-state index contributed by atoms with van der Waals surface area (Å²) in [5.74, 6) is -0.616. The van der Waals surface area contributed by atoms with Crippen LogP contribution in [0.3, 0.4) is 0 Å². The van der Waals surface area contributed by atoms with E-state index in [2.05, 4.69) is 10.2 Å². The number of nitrogens with zero attached hydrogens (tertiary/aromatic N) is 3. The third-order valence-electron chi connectivity index (χ3n) is 5.19. The Labute approximate surface area is 166 Å². The number of fused-ring (bicyclic) bond motifs is 3.